The Labute approximate surface area is 125 Å². The largest absolute Gasteiger partial charge is 0.508 e. The monoisotopic (exact) mass is 288 g/mol. The first-order valence-electron chi connectivity index (χ1n) is 8.19. The van der Waals surface area contributed by atoms with E-state index in [0.717, 1.165) is 37.7 Å². The molecule has 4 rings (SSSR count). The minimum Gasteiger partial charge on any atom is -0.508 e. The number of fused-ring (bicyclic) bond motifs is 5. The molecule has 0 spiro atoms. The summed E-state index contributed by atoms with van der Waals surface area (Å²) in [4.78, 5) is 0. The molecule has 114 valence electrons. The maximum Gasteiger partial charge on any atom is 0.115 e. The summed E-state index contributed by atoms with van der Waals surface area (Å²) >= 11 is 0. The summed E-state index contributed by atoms with van der Waals surface area (Å²) in [6, 6.07) is 5.47. The first-order chi connectivity index (χ1) is 10.0. The fourth-order valence-electron chi connectivity index (χ4n) is 5.55. The minimum atomic E-state index is -0.478. The zero-order valence-corrected chi connectivity index (χ0v) is 12.5. The third-order valence-electron chi connectivity index (χ3n) is 6.71. The van der Waals surface area contributed by atoms with Crippen LogP contribution in [0.1, 0.15) is 62.2 Å². The molecule has 0 radical (unpaired) electrons. The van der Waals surface area contributed by atoms with Gasteiger partial charge in [-0.1, -0.05) is 13.0 Å². The molecule has 0 aliphatic heterocycles. The zero-order chi connectivity index (χ0) is 14.8. The minimum absolute atomic E-state index is 0.0370. The van der Waals surface area contributed by atoms with Crippen LogP contribution in [-0.4, -0.2) is 21.4 Å². The van der Waals surface area contributed by atoms with Gasteiger partial charge in [0.1, 0.15) is 5.75 Å². The van der Waals surface area contributed by atoms with Crippen molar-refractivity contribution in [1.82, 2.24) is 0 Å². The van der Waals surface area contributed by atoms with Crippen LogP contribution in [0.2, 0.25) is 0 Å². The van der Waals surface area contributed by atoms with Gasteiger partial charge in [-0.05, 0) is 78.5 Å². The summed E-state index contributed by atoms with van der Waals surface area (Å²) in [6.45, 7) is 2.24. The summed E-state index contributed by atoms with van der Waals surface area (Å²) in [7, 11) is 0. The van der Waals surface area contributed by atoms with E-state index in [1.54, 1.807) is 12.1 Å². The second kappa shape index (κ2) is 4.47. The molecule has 1 aromatic carbocycles. The van der Waals surface area contributed by atoms with Crippen LogP contribution in [0, 0.1) is 17.3 Å². The Morgan fingerprint density at radius 1 is 1.10 bits per heavy atom. The summed E-state index contributed by atoms with van der Waals surface area (Å²) in [5.74, 6) is 1.70. The third-order valence-corrected chi connectivity index (χ3v) is 6.71. The lowest BCUT2D eigenvalue weighted by molar-refractivity contribution is -0.0372. The predicted molar refractivity (Wildman–Crippen MR) is 80.0 cm³/mol. The van der Waals surface area contributed by atoms with E-state index in [9.17, 15) is 15.3 Å². The van der Waals surface area contributed by atoms with Gasteiger partial charge in [0.2, 0.25) is 0 Å². The number of rotatable bonds is 0. The third kappa shape index (κ3) is 1.80. The van der Waals surface area contributed by atoms with E-state index in [1.807, 2.05) is 6.07 Å². The van der Waals surface area contributed by atoms with E-state index in [0.29, 0.717) is 17.8 Å². The molecule has 3 nitrogen and oxygen atoms in total. The lowest BCUT2D eigenvalue weighted by Crippen LogP contribution is -2.44. The van der Waals surface area contributed by atoms with Crippen LogP contribution in [0.5, 0.6) is 5.75 Å². The van der Waals surface area contributed by atoms with Gasteiger partial charge >= 0.3 is 0 Å². The molecule has 0 bridgehead atoms. The van der Waals surface area contributed by atoms with Crippen LogP contribution in [0.25, 0.3) is 0 Å². The quantitative estimate of drug-likeness (QED) is 0.687. The van der Waals surface area contributed by atoms with Gasteiger partial charge in [-0.3, -0.25) is 0 Å². The summed E-state index contributed by atoms with van der Waals surface area (Å²) < 4.78 is 0. The van der Waals surface area contributed by atoms with Gasteiger partial charge in [0.25, 0.3) is 0 Å². The van der Waals surface area contributed by atoms with Gasteiger partial charge in [0, 0.05) is 0 Å². The smallest absolute Gasteiger partial charge is 0.115 e. The van der Waals surface area contributed by atoms with E-state index in [4.69, 9.17) is 0 Å². The number of hydrogen-bond donors (Lipinski definition) is 3. The van der Waals surface area contributed by atoms with Gasteiger partial charge in [-0.2, -0.15) is 0 Å². The molecule has 3 aliphatic rings. The summed E-state index contributed by atoms with van der Waals surface area (Å²) in [5.41, 5.74) is 2.17. The fraction of sp³-hybridized carbons (Fsp3) is 0.667. The Kier molecular flexibility index (Phi) is 2.89. The number of phenols is 1. The van der Waals surface area contributed by atoms with Crippen molar-refractivity contribution in [2.75, 3.05) is 0 Å². The van der Waals surface area contributed by atoms with E-state index in [-0.39, 0.29) is 17.3 Å². The Morgan fingerprint density at radius 2 is 1.90 bits per heavy atom. The number of hydrogen-bond acceptors (Lipinski definition) is 3. The predicted octanol–water partition coefficient (Wildman–Crippen LogP) is 3.10. The van der Waals surface area contributed by atoms with Gasteiger partial charge in [0.15, 0.2) is 0 Å². The Bertz CT molecular complexity index is 570. The fourth-order valence-corrected chi connectivity index (χ4v) is 5.55. The maximum atomic E-state index is 10.5. The molecular weight excluding hydrogens is 264 g/mol. The molecule has 2 saturated carbocycles. The molecular formula is C18H24O3. The highest BCUT2D eigenvalue weighted by Crippen LogP contribution is 2.62. The van der Waals surface area contributed by atoms with Crippen molar-refractivity contribution in [1.29, 1.82) is 0 Å². The van der Waals surface area contributed by atoms with Crippen LogP contribution < -0.4 is 0 Å². The molecule has 6 atom stereocenters. The average Bonchev–Trinajstić information content (AvgIpc) is 2.76. The molecule has 0 aromatic heterocycles. The van der Waals surface area contributed by atoms with E-state index in [2.05, 4.69) is 6.92 Å². The van der Waals surface area contributed by atoms with Crippen LogP contribution in [0.15, 0.2) is 18.2 Å². The van der Waals surface area contributed by atoms with Crippen molar-refractivity contribution in [3.05, 3.63) is 29.3 Å². The zero-order valence-electron chi connectivity index (χ0n) is 12.5. The van der Waals surface area contributed by atoms with Crippen molar-refractivity contribution in [3.63, 3.8) is 0 Å². The highest BCUT2D eigenvalue weighted by atomic mass is 16.3. The van der Waals surface area contributed by atoms with Gasteiger partial charge in [0.05, 0.1) is 12.2 Å². The van der Waals surface area contributed by atoms with Crippen LogP contribution >= 0.6 is 0 Å². The Morgan fingerprint density at radius 3 is 2.71 bits per heavy atom. The second-order valence-electron chi connectivity index (χ2n) is 7.58. The molecule has 3 heteroatoms. The number of aliphatic hydroxyl groups excluding tert-OH is 2. The highest BCUT2D eigenvalue weighted by Gasteiger charge is 2.55. The van der Waals surface area contributed by atoms with E-state index in [1.165, 1.54) is 5.56 Å². The number of benzene rings is 1. The summed E-state index contributed by atoms with van der Waals surface area (Å²) in [5, 5.41) is 30.6. The molecule has 2 fully saturated rings. The van der Waals surface area contributed by atoms with Crippen molar-refractivity contribution in [2.45, 2.75) is 57.2 Å². The van der Waals surface area contributed by atoms with Crippen LogP contribution in [0.4, 0.5) is 0 Å². The topological polar surface area (TPSA) is 60.7 Å². The van der Waals surface area contributed by atoms with Crippen LogP contribution in [-0.2, 0) is 0 Å². The molecule has 21 heavy (non-hydrogen) atoms. The van der Waals surface area contributed by atoms with Crippen molar-refractivity contribution in [2.24, 2.45) is 17.3 Å². The lowest BCUT2D eigenvalue weighted by Gasteiger charge is -2.50. The molecule has 1 aromatic rings. The number of aromatic hydroxyl groups is 1. The van der Waals surface area contributed by atoms with Crippen molar-refractivity contribution in [3.8, 4) is 5.75 Å². The standard InChI is InChI=1S/C18H24O3/c1-18-7-6-12-11-3-2-10(19)8-14(11)16(20)9-13(12)15(18)4-5-17(18)21/h2-3,8,12-13,15-17,19-21H,4-7,9H2,1H3/t12?,13?,15?,16?,17-,18-/m0/s1. The van der Waals surface area contributed by atoms with Gasteiger partial charge in [-0.25, -0.2) is 0 Å². The Hall–Kier alpha value is -1.06. The molecule has 3 aliphatic carbocycles. The first kappa shape index (κ1) is 13.6. The summed E-state index contributed by atoms with van der Waals surface area (Å²) in [6.07, 6.45) is 4.25. The lowest BCUT2D eigenvalue weighted by atomic mass is 9.55. The maximum absolute atomic E-state index is 10.5. The molecule has 0 saturated heterocycles. The van der Waals surface area contributed by atoms with Gasteiger partial charge in [-0.15, -0.1) is 0 Å². The van der Waals surface area contributed by atoms with E-state index >= 15 is 0 Å². The SMILES string of the molecule is C[C@]12CCC3c4ccc(O)cc4C(O)CC3C1CC[C@@H]2O. The van der Waals surface area contributed by atoms with E-state index < -0.39 is 6.10 Å². The van der Waals surface area contributed by atoms with Crippen LogP contribution in [0.3, 0.4) is 0 Å². The first-order valence-corrected chi connectivity index (χ1v) is 8.19. The van der Waals surface area contributed by atoms with Gasteiger partial charge < -0.3 is 15.3 Å². The van der Waals surface area contributed by atoms with Crippen molar-refractivity contribution >= 4 is 0 Å². The average molecular weight is 288 g/mol. The highest BCUT2D eigenvalue weighted by molar-refractivity contribution is 5.41. The molecule has 3 N–H and O–H groups in total. The van der Waals surface area contributed by atoms with Crippen molar-refractivity contribution < 1.29 is 15.3 Å². The normalized spacial score (nSPS) is 44.8. The second-order valence-corrected chi connectivity index (χ2v) is 7.58. The number of aliphatic hydroxyl groups is 2. The number of phenolic OH excluding ortho intramolecular Hbond substituents is 1. The Balaban J connectivity index is 1.75. The molecule has 0 heterocycles. The molecule has 4 unspecified atom stereocenters. The molecule has 0 amide bonds.